The van der Waals surface area contributed by atoms with E-state index in [1.54, 1.807) is 0 Å². The molecule has 0 saturated heterocycles. The molecule has 0 N–H and O–H groups in total. The molecule has 0 radical (unpaired) electrons. The van der Waals surface area contributed by atoms with Gasteiger partial charge in [-0.2, -0.15) is 0 Å². The summed E-state index contributed by atoms with van der Waals surface area (Å²) < 4.78 is 0. The number of benzene rings is 2. The Morgan fingerprint density at radius 2 is 1.80 bits per heavy atom. The van der Waals surface area contributed by atoms with Gasteiger partial charge in [0, 0.05) is 28.8 Å². The van der Waals surface area contributed by atoms with Gasteiger partial charge in [0.25, 0.3) is 0 Å². The van der Waals surface area contributed by atoms with Crippen LogP contribution in [0.4, 0.5) is 11.4 Å². The second-order valence-corrected chi connectivity index (χ2v) is 5.45. The molecule has 0 aliphatic carbocycles. The van der Waals surface area contributed by atoms with E-state index in [-0.39, 0.29) is 0 Å². The molecule has 0 atom stereocenters. The minimum Gasteiger partial charge on any atom is -0.341 e. The number of alkyl halides is 1. The molecule has 2 aromatic carbocycles. The van der Waals surface area contributed by atoms with Gasteiger partial charge < -0.3 is 4.90 Å². The lowest BCUT2D eigenvalue weighted by Gasteiger charge is -2.27. The average Bonchev–Trinajstić information content (AvgIpc) is 2.49. The van der Waals surface area contributed by atoms with Crippen molar-refractivity contribution in [3.8, 4) is 0 Å². The van der Waals surface area contributed by atoms with Crippen LogP contribution in [0.15, 0.2) is 48.5 Å². The van der Waals surface area contributed by atoms with Crippen molar-refractivity contribution < 1.29 is 0 Å². The van der Waals surface area contributed by atoms with E-state index in [0.717, 1.165) is 35.7 Å². The molecule has 106 valence electrons. The molecule has 0 bridgehead atoms. The fraction of sp³-hybridized carbons (Fsp3) is 0.294. The summed E-state index contributed by atoms with van der Waals surface area (Å²) in [5.41, 5.74) is 3.39. The minimum absolute atomic E-state index is 0.488. The Kier molecular flexibility index (Phi) is 5.75. The standard InChI is InChI=1S/C17H19Cl2N/c1-2-3-11-20(16-7-5-4-6-8-16)17-12-15(19)10-9-14(17)13-18/h4-10,12H,2-3,11,13H2,1H3. The molecular formula is C17H19Cl2N. The SMILES string of the molecule is CCCCN(c1ccccc1)c1cc(Cl)ccc1CCl. The summed E-state index contributed by atoms with van der Waals surface area (Å²) in [5.74, 6) is 0.488. The Morgan fingerprint density at radius 3 is 2.45 bits per heavy atom. The highest BCUT2D eigenvalue weighted by atomic mass is 35.5. The molecule has 0 fully saturated rings. The summed E-state index contributed by atoms with van der Waals surface area (Å²) in [6, 6.07) is 16.3. The Labute approximate surface area is 131 Å². The van der Waals surface area contributed by atoms with Crippen LogP contribution in [-0.4, -0.2) is 6.54 Å². The average molecular weight is 308 g/mol. The largest absolute Gasteiger partial charge is 0.341 e. The van der Waals surface area contributed by atoms with Crippen LogP contribution in [0.2, 0.25) is 5.02 Å². The molecule has 2 rings (SSSR count). The van der Waals surface area contributed by atoms with E-state index >= 15 is 0 Å². The van der Waals surface area contributed by atoms with Crippen molar-refractivity contribution in [1.29, 1.82) is 0 Å². The first kappa shape index (κ1) is 15.2. The van der Waals surface area contributed by atoms with Gasteiger partial charge in [0.05, 0.1) is 0 Å². The van der Waals surface area contributed by atoms with Crippen LogP contribution in [0.3, 0.4) is 0 Å². The molecule has 0 aliphatic rings. The summed E-state index contributed by atoms with van der Waals surface area (Å²) in [6.07, 6.45) is 2.28. The van der Waals surface area contributed by atoms with Crippen molar-refractivity contribution >= 4 is 34.6 Å². The molecule has 0 unspecified atom stereocenters. The fourth-order valence-electron chi connectivity index (χ4n) is 2.21. The zero-order chi connectivity index (χ0) is 14.4. The Hall–Kier alpha value is -1.18. The predicted octanol–water partition coefficient (Wildman–Crippen LogP) is 6.02. The molecule has 2 aromatic rings. The molecule has 0 spiro atoms. The van der Waals surface area contributed by atoms with Crippen molar-refractivity contribution in [2.45, 2.75) is 25.6 Å². The van der Waals surface area contributed by atoms with Crippen LogP contribution < -0.4 is 4.90 Å². The number of hydrogen-bond acceptors (Lipinski definition) is 1. The van der Waals surface area contributed by atoms with Crippen molar-refractivity contribution in [3.05, 3.63) is 59.1 Å². The van der Waals surface area contributed by atoms with Crippen LogP contribution in [-0.2, 0) is 5.88 Å². The quantitative estimate of drug-likeness (QED) is 0.590. The number of rotatable bonds is 6. The topological polar surface area (TPSA) is 3.24 Å². The fourth-order valence-corrected chi connectivity index (χ4v) is 2.61. The molecule has 0 amide bonds. The summed E-state index contributed by atoms with van der Waals surface area (Å²) in [5, 5.41) is 0.742. The van der Waals surface area contributed by atoms with Gasteiger partial charge in [0.1, 0.15) is 0 Å². The first-order valence-electron chi connectivity index (χ1n) is 6.93. The van der Waals surface area contributed by atoms with Gasteiger partial charge in [0.2, 0.25) is 0 Å². The normalized spacial score (nSPS) is 10.6. The zero-order valence-corrected chi connectivity index (χ0v) is 13.2. The molecule has 1 nitrogen and oxygen atoms in total. The third-order valence-electron chi connectivity index (χ3n) is 3.29. The number of hydrogen-bond donors (Lipinski definition) is 0. The summed E-state index contributed by atoms with van der Waals surface area (Å²) in [4.78, 5) is 2.30. The lowest BCUT2D eigenvalue weighted by atomic mass is 10.1. The highest BCUT2D eigenvalue weighted by Crippen LogP contribution is 2.32. The highest BCUT2D eigenvalue weighted by Gasteiger charge is 2.13. The summed E-state index contributed by atoms with van der Waals surface area (Å²) >= 11 is 12.2. The molecule has 3 heteroatoms. The van der Waals surface area contributed by atoms with E-state index in [2.05, 4.69) is 36.1 Å². The smallest absolute Gasteiger partial charge is 0.0494 e. The van der Waals surface area contributed by atoms with E-state index < -0.39 is 0 Å². The number of nitrogens with zero attached hydrogens (tertiary/aromatic N) is 1. The Balaban J connectivity index is 2.43. The van der Waals surface area contributed by atoms with E-state index in [4.69, 9.17) is 23.2 Å². The van der Waals surface area contributed by atoms with E-state index in [0.29, 0.717) is 5.88 Å². The number of anilines is 2. The summed E-state index contributed by atoms with van der Waals surface area (Å²) in [6.45, 7) is 3.16. The van der Waals surface area contributed by atoms with E-state index in [1.165, 1.54) is 5.69 Å². The van der Waals surface area contributed by atoms with Gasteiger partial charge in [-0.1, -0.05) is 49.2 Å². The maximum Gasteiger partial charge on any atom is 0.0494 e. The van der Waals surface area contributed by atoms with E-state index in [9.17, 15) is 0 Å². The molecular weight excluding hydrogens is 289 g/mol. The van der Waals surface area contributed by atoms with E-state index in [1.807, 2.05) is 24.3 Å². The predicted molar refractivity (Wildman–Crippen MR) is 89.4 cm³/mol. The lowest BCUT2D eigenvalue weighted by Crippen LogP contribution is -2.19. The zero-order valence-electron chi connectivity index (χ0n) is 11.7. The third kappa shape index (κ3) is 3.68. The Bertz CT molecular complexity index is 540. The minimum atomic E-state index is 0.488. The Morgan fingerprint density at radius 1 is 1.05 bits per heavy atom. The highest BCUT2D eigenvalue weighted by molar-refractivity contribution is 6.31. The van der Waals surface area contributed by atoms with Gasteiger partial charge in [0.15, 0.2) is 0 Å². The van der Waals surface area contributed by atoms with Gasteiger partial charge in [-0.05, 0) is 36.2 Å². The van der Waals surface area contributed by atoms with Crippen molar-refractivity contribution in [3.63, 3.8) is 0 Å². The second-order valence-electron chi connectivity index (χ2n) is 4.75. The third-order valence-corrected chi connectivity index (χ3v) is 3.81. The van der Waals surface area contributed by atoms with Gasteiger partial charge in [-0.15, -0.1) is 11.6 Å². The monoisotopic (exact) mass is 307 g/mol. The van der Waals surface area contributed by atoms with Gasteiger partial charge in [-0.3, -0.25) is 0 Å². The maximum atomic E-state index is 6.17. The van der Waals surface area contributed by atoms with Crippen LogP contribution in [0.25, 0.3) is 0 Å². The number of unbranched alkanes of at least 4 members (excludes halogenated alkanes) is 1. The van der Waals surface area contributed by atoms with Crippen molar-refractivity contribution in [1.82, 2.24) is 0 Å². The molecule has 0 aromatic heterocycles. The van der Waals surface area contributed by atoms with Crippen LogP contribution in [0.1, 0.15) is 25.3 Å². The summed E-state index contributed by atoms with van der Waals surface area (Å²) in [7, 11) is 0. The van der Waals surface area contributed by atoms with Crippen molar-refractivity contribution in [2.75, 3.05) is 11.4 Å². The van der Waals surface area contributed by atoms with Gasteiger partial charge in [-0.25, -0.2) is 0 Å². The molecule has 20 heavy (non-hydrogen) atoms. The second kappa shape index (κ2) is 7.56. The number of para-hydroxylation sites is 1. The maximum absolute atomic E-state index is 6.17. The lowest BCUT2D eigenvalue weighted by molar-refractivity contribution is 0.784. The number of halogens is 2. The van der Waals surface area contributed by atoms with Crippen LogP contribution in [0.5, 0.6) is 0 Å². The molecule has 0 aliphatic heterocycles. The first-order valence-corrected chi connectivity index (χ1v) is 7.84. The molecule has 0 heterocycles. The first-order chi connectivity index (χ1) is 9.76. The molecule has 0 saturated carbocycles. The van der Waals surface area contributed by atoms with Crippen LogP contribution >= 0.6 is 23.2 Å². The van der Waals surface area contributed by atoms with Gasteiger partial charge >= 0.3 is 0 Å². The van der Waals surface area contributed by atoms with Crippen LogP contribution in [0, 0.1) is 0 Å². The van der Waals surface area contributed by atoms with Crippen molar-refractivity contribution in [2.24, 2.45) is 0 Å².